The van der Waals surface area contributed by atoms with Crippen LogP contribution in [0, 0.1) is 12.7 Å². The zero-order chi connectivity index (χ0) is 27.8. The first-order chi connectivity index (χ1) is 18.6. The number of carbonyl (C=O) groups excluding carboxylic acids is 1. The molecule has 7 nitrogen and oxygen atoms in total. The Hall–Kier alpha value is -3.47. The average molecular weight is 545 g/mol. The number of nitrogens with zero attached hydrogens (tertiary/aromatic N) is 5. The number of H-pyrrole nitrogens is 1. The topological polar surface area (TPSA) is 68.4 Å². The molecule has 2 aliphatic rings. The minimum atomic E-state index is -4.21. The van der Waals surface area contributed by atoms with E-state index < -0.39 is 18.1 Å². The highest BCUT2D eigenvalue weighted by Gasteiger charge is 2.51. The third kappa shape index (κ3) is 5.50. The van der Waals surface area contributed by atoms with Crippen molar-refractivity contribution in [3.63, 3.8) is 0 Å². The molecule has 3 aromatic rings. The Morgan fingerprint density at radius 1 is 1.13 bits per heavy atom. The van der Waals surface area contributed by atoms with Crippen LogP contribution in [0.2, 0.25) is 0 Å². The number of piperidine rings is 1. The maximum absolute atomic E-state index is 14.4. The van der Waals surface area contributed by atoms with Gasteiger partial charge in [0.05, 0.1) is 30.4 Å². The van der Waals surface area contributed by atoms with Crippen LogP contribution >= 0.6 is 0 Å². The van der Waals surface area contributed by atoms with Gasteiger partial charge in [-0.05, 0) is 55.5 Å². The van der Waals surface area contributed by atoms with Crippen molar-refractivity contribution in [3.05, 3.63) is 65.4 Å². The molecule has 2 amide bonds. The third-order valence-corrected chi connectivity index (χ3v) is 8.07. The molecule has 0 bridgehead atoms. The van der Waals surface area contributed by atoms with Gasteiger partial charge in [0.15, 0.2) is 0 Å². The van der Waals surface area contributed by atoms with Crippen LogP contribution in [0.4, 0.5) is 28.2 Å². The normalized spacial score (nSPS) is 17.9. The minimum Gasteiger partial charge on any atom is -0.312 e. The average Bonchev–Trinajstić information content (AvgIpc) is 3.54. The van der Waals surface area contributed by atoms with Crippen molar-refractivity contribution in [1.29, 1.82) is 0 Å². The number of anilines is 1. The standard InChI is InChI=1S/C28H32F4N6O/c1-3-24-22(21-15-33-34-16-21)7-8-25(35-24)37-18-27(9-12-36(13-10-27)14-11-28(30,31)32)38(26(37)39)17-20-5-4-6-23(29)19(20)2/h4-8,15-16H,3,9-14,17-18H2,1-2H3,(H,33,34). The number of amides is 2. The van der Waals surface area contributed by atoms with Gasteiger partial charge in [-0.3, -0.25) is 10.00 Å². The van der Waals surface area contributed by atoms with Gasteiger partial charge < -0.3 is 9.80 Å². The number of aromatic amines is 1. The van der Waals surface area contributed by atoms with E-state index in [-0.39, 0.29) is 24.9 Å². The van der Waals surface area contributed by atoms with Crippen molar-refractivity contribution in [2.75, 3.05) is 31.1 Å². The molecular weight excluding hydrogens is 512 g/mol. The first-order valence-electron chi connectivity index (χ1n) is 13.2. The number of aryl methyl sites for hydroxylation is 1. The molecule has 0 aliphatic carbocycles. The molecule has 0 unspecified atom stereocenters. The molecule has 0 radical (unpaired) electrons. The van der Waals surface area contributed by atoms with Crippen LogP contribution in [-0.2, 0) is 13.0 Å². The van der Waals surface area contributed by atoms with E-state index in [4.69, 9.17) is 4.98 Å². The molecule has 4 heterocycles. The number of rotatable bonds is 7. The Labute approximate surface area is 224 Å². The number of urea groups is 1. The van der Waals surface area contributed by atoms with Crippen molar-refractivity contribution < 1.29 is 22.4 Å². The van der Waals surface area contributed by atoms with Gasteiger partial charge in [0.25, 0.3) is 0 Å². The lowest BCUT2D eigenvalue weighted by molar-refractivity contribution is -0.139. The second-order valence-corrected chi connectivity index (χ2v) is 10.4. The van der Waals surface area contributed by atoms with Gasteiger partial charge in [0.1, 0.15) is 11.6 Å². The van der Waals surface area contributed by atoms with Gasteiger partial charge in [-0.15, -0.1) is 0 Å². The molecule has 2 aromatic heterocycles. The van der Waals surface area contributed by atoms with E-state index >= 15 is 0 Å². The molecule has 2 aliphatic heterocycles. The lowest BCUT2D eigenvalue weighted by Gasteiger charge is -2.44. The summed E-state index contributed by atoms with van der Waals surface area (Å²) in [4.78, 5) is 24.1. The number of hydrogen-bond donors (Lipinski definition) is 1. The molecule has 11 heteroatoms. The van der Waals surface area contributed by atoms with Crippen LogP contribution in [0.1, 0.15) is 43.0 Å². The summed E-state index contributed by atoms with van der Waals surface area (Å²) in [6.45, 7) is 5.12. The zero-order valence-electron chi connectivity index (χ0n) is 22.1. The number of pyridine rings is 1. The minimum absolute atomic E-state index is 0.0584. The third-order valence-electron chi connectivity index (χ3n) is 8.07. The fourth-order valence-corrected chi connectivity index (χ4v) is 5.68. The molecular formula is C28H32F4N6O. The smallest absolute Gasteiger partial charge is 0.312 e. The predicted molar refractivity (Wildman–Crippen MR) is 140 cm³/mol. The summed E-state index contributed by atoms with van der Waals surface area (Å²) >= 11 is 0. The van der Waals surface area contributed by atoms with E-state index in [2.05, 4.69) is 10.2 Å². The van der Waals surface area contributed by atoms with E-state index in [1.807, 2.05) is 30.0 Å². The maximum Gasteiger partial charge on any atom is 0.390 e. The summed E-state index contributed by atoms with van der Waals surface area (Å²) < 4.78 is 52.8. The molecule has 39 heavy (non-hydrogen) atoms. The number of likely N-dealkylation sites (tertiary alicyclic amines) is 1. The summed E-state index contributed by atoms with van der Waals surface area (Å²) in [7, 11) is 0. The summed E-state index contributed by atoms with van der Waals surface area (Å²) in [5.41, 5.74) is 3.27. The number of aromatic nitrogens is 3. The second-order valence-electron chi connectivity index (χ2n) is 10.4. The largest absolute Gasteiger partial charge is 0.390 e. The van der Waals surface area contributed by atoms with Crippen LogP contribution in [0.15, 0.2) is 42.7 Å². The molecule has 5 rings (SSSR count). The zero-order valence-corrected chi connectivity index (χ0v) is 22.1. The second kappa shape index (κ2) is 10.6. The molecule has 0 saturated carbocycles. The lowest BCUT2D eigenvalue weighted by atomic mass is 9.86. The monoisotopic (exact) mass is 544 g/mol. The highest BCUT2D eigenvalue weighted by Crippen LogP contribution is 2.40. The first kappa shape index (κ1) is 27.1. The highest BCUT2D eigenvalue weighted by molar-refractivity contribution is 5.94. The fraction of sp³-hybridized carbons (Fsp3) is 0.464. The summed E-state index contributed by atoms with van der Waals surface area (Å²) in [6.07, 6.45) is 0.153. The summed E-state index contributed by atoms with van der Waals surface area (Å²) in [5.74, 6) is 0.192. The Morgan fingerprint density at radius 2 is 1.90 bits per heavy atom. The van der Waals surface area contributed by atoms with E-state index in [1.54, 1.807) is 35.2 Å². The molecule has 1 aromatic carbocycles. The lowest BCUT2D eigenvalue weighted by Crippen LogP contribution is -2.54. The Kier molecular flexibility index (Phi) is 7.37. The van der Waals surface area contributed by atoms with Crippen molar-refractivity contribution >= 4 is 11.8 Å². The van der Waals surface area contributed by atoms with Crippen molar-refractivity contribution in [3.8, 4) is 11.1 Å². The summed E-state index contributed by atoms with van der Waals surface area (Å²) in [5, 5.41) is 6.83. The van der Waals surface area contributed by atoms with E-state index in [9.17, 15) is 22.4 Å². The van der Waals surface area contributed by atoms with Crippen molar-refractivity contribution in [2.45, 2.75) is 57.8 Å². The Bertz CT molecular complexity index is 1320. The van der Waals surface area contributed by atoms with Crippen LogP contribution in [0.3, 0.4) is 0 Å². The Balaban J connectivity index is 1.44. The van der Waals surface area contributed by atoms with Crippen molar-refractivity contribution in [2.24, 2.45) is 0 Å². The highest BCUT2D eigenvalue weighted by atomic mass is 19.4. The number of alkyl halides is 3. The molecule has 2 fully saturated rings. The van der Waals surface area contributed by atoms with Gasteiger partial charge in [-0.1, -0.05) is 19.1 Å². The first-order valence-corrected chi connectivity index (χ1v) is 13.2. The van der Waals surface area contributed by atoms with Crippen LogP contribution < -0.4 is 4.90 Å². The number of hydrogen-bond acceptors (Lipinski definition) is 4. The molecule has 0 atom stereocenters. The van der Waals surface area contributed by atoms with Crippen LogP contribution in [0.25, 0.3) is 11.1 Å². The van der Waals surface area contributed by atoms with Gasteiger partial charge in [0, 0.05) is 43.5 Å². The number of benzene rings is 1. The molecule has 2 saturated heterocycles. The SMILES string of the molecule is CCc1nc(N2CC3(CCN(CCC(F)(F)F)CC3)N(Cc3cccc(F)c3C)C2=O)ccc1-c1cn[nH]c1. The predicted octanol–water partition coefficient (Wildman–Crippen LogP) is 5.71. The quantitative estimate of drug-likeness (QED) is 0.387. The number of halogens is 4. The molecule has 208 valence electrons. The van der Waals surface area contributed by atoms with Crippen molar-refractivity contribution in [1.82, 2.24) is 25.0 Å². The van der Waals surface area contributed by atoms with Crippen LogP contribution in [0.5, 0.6) is 0 Å². The van der Waals surface area contributed by atoms with E-state index in [1.165, 1.54) is 6.07 Å². The van der Waals surface area contributed by atoms with Gasteiger partial charge >= 0.3 is 12.2 Å². The number of nitrogens with one attached hydrogen (secondary N) is 1. The van der Waals surface area contributed by atoms with Gasteiger partial charge in [-0.2, -0.15) is 18.3 Å². The van der Waals surface area contributed by atoms with Crippen LogP contribution in [-0.4, -0.2) is 68.9 Å². The van der Waals surface area contributed by atoms with Gasteiger partial charge in [0.2, 0.25) is 0 Å². The molecule has 1 N–H and O–H groups in total. The number of carbonyl (C=O) groups is 1. The Morgan fingerprint density at radius 3 is 2.56 bits per heavy atom. The maximum atomic E-state index is 14.4. The van der Waals surface area contributed by atoms with Gasteiger partial charge in [-0.25, -0.2) is 14.2 Å². The molecule has 1 spiro atoms. The fourth-order valence-electron chi connectivity index (χ4n) is 5.68. The van der Waals surface area contributed by atoms with E-state index in [0.29, 0.717) is 55.8 Å². The van der Waals surface area contributed by atoms with E-state index in [0.717, 1.165) is 16.8 Å². The summed E-state index contributed by atoms with van der Waals surface area (Å²) in [6, 6.07) is 8.37.